The summed E-state index contributed by atoms with van der Waals surface area (Å²) in [5.41, 5.74) is 6.75. The molecule has 0 bridgehead atoms. The van der Waals surface area contributed by atoms with Crippen LogP contribution in [0.2, 0.25) is 0 Å². The monoisotopic (exact) mass is 341 g/mol. The first-order valence-electron chi connectivity index (χ1n) is 8.57. The van der Waals surface area contributed by atoms with Gasteiger partial charge in [0.1, 0.15) is 5.82 Å². The van der Waals surface area contributed by atoms with Crippen molar-refractivity contribution in [2.24, 2.45) is 5.73 Å². The number of rotatable bonds is 5. The molecule has 1 aliphatic rings. The number of nitrogens with two attached hydrogens (primary N) is 1. The number of amides is 3. The zero-order valence-corrected chi connectivity index (χ0v) is 14.1. The maximum atomic E-state index is 12.6. The van der Waals surface area contributed by atoms with E-state index in [-0.39, 0.29) is 12.1 Å². The number of H-pyrrole nitrogens is 1. The van der Waals surface area contributed by atoms with Crippen molar-refractivity contribution in [3.05, 3.63) is 53.6 Å². The van der Waals surface area contributed by atoms with E-state index in [1.165, 1.54) is 0 Å². The number of hydrogen-bond acceptors (Lipinski definition) is 3. The number of primary amides is 1. The average Bonchev–Trinajstić information content (AvgIpc) is 3.16. The minimum absolute atomic E-state index is 0.00180. The number of carbonyl (C=O) groups is 2. The lowest BCUT2D eigenvalue weighted by Gasteiger charge is -2.34. The van der Waals surface area contributed by atoms with Crippen LogP contribution in [-0.4, -0.2) is 39.9 Å². The van der Waals surface area contributed by atoms with Gasteiger partial charge in [-0.15, -0.1) is 0 Å². The van der Waals surface area contributed by atoms with Crippen LogP contribution in [-0.2, 0) is 6.42 Å². The number of nitrogens with zero attached hydrogens (tertiary/aromatic N) is 2. The standard InChI is InChI=1S/C18H23N5O2/c19-16(24)14-5-3-4-13(12-14)7-8-22-18(25)23-11-2-1-6-15(23)17-20-9-10-21-17/h3-5,9-10,12,15H,1-2,6-8,11H2,(H2,19,24)(H,20,21)(H,22,25). The van der Waals surface area contributed by atoms with Crippen molar-refractivity contribution in [3.63, 3.8) is 0 Å². The van der Waals surface area contributed by atoms with Gasteiger partial charge in [0.05, 0.1) is 6.04 Å². The molecule has 1 aliphatic heterocycles. The summed E-state index contributed by atoms with van der Waals surface area (Å²) in [7, 11) is 0. The smallest absolute Gasteiger partial charge is 0.318 e. The van der Waals surface area contributed by atoms with Crippen molar-refractivity contribution in [3.8, 4) is 0 Å². The molecular weight excluding hydrogens is 318 g/mol. The van der Waals surface area contributed by atoms with Crippen LogP contribution < -0.4 is 11.1 Å². The molecule has 2 heterocycles. The van der Waals surface area contributed by atoms with E-state index in [1.807, 2.05) is 11.0 Å². The second-order valence-corrected chi connectivity index (χ2v) is 6.23. The molecule has 1 aromatic heterocycles. The number of urea groups is 1. The summed E-state index contributed by atoms with van der Waals surface area (Å²) in [4.78, 5) is 33.1. The molecule has 2 aromatic rings. The van der Waals surface area contributed by atoms with Crippen LogP contribution in [0.3, 0.4) is 0 Å². The lowest BCUT2D eigenvalue weighted by Crippen LogP contribution is -2.45. The molecule has 4 N–H and O–H groups in total. The second kappa shape index (κ2) is 7.83. The summed E-state index contributed by atoms with van der Waals surface area (Å²) in [5.74, 6) is 0.393. The lowest BCUT2D eigenvalue weighted by atomic mass is 10.0. The molecule has 1 fully saturated rings. The Morgan fingerprint density at radius 2 is 2.24 bits per heavy atom. The van der Waals surface area contributed by atoms with Crippen LogP contribution in [0.5, 0.6) is 0 Å². The third-order valence-electron chi connectivity index (χ3n) is 4.50. The number of piperidine rings is 1. The fraction of sp³-hybridized carbons (Fsp3) is 0.389. The molecule has 1 saturated heterocycles. The third kappa shape index (κ3) is 4.17. The van der Waals surface area contributed by atoms with Crippen LogP contribution in [0.25, 0.3) is 0 Å². The van der Waals surface area contributed by atoms with Gasteiger partial charge < -0.3 is 20.9 Å². The number of nitrogens with one attached hydrogen (secondary N) is 2. The largest absolute Gasteiger partial charge is 0.366 e. The Hall–Kier alpha value is -2.83. The number of aromatic nitrogens is 2. The van der Waals surface area contributed by atoms with Gasteiger partial charge in [0.25, 0.3) is 0 Å². The van der Waals surface area contributed by atoms with Crippen molar-refractivity contribution in [1.82, 2.24) is 20.2 Å². The van der Waals surface area contributed by atoms with E-state index in [9.17, 15) is 9.59 Å². The number of likely N-dealkylation sites (tertiary alicyclic amines) is 1. The first kappa shape index (κ1) is 17.0. The fourth-order valence-corrected chi connectivity index (χ4v) is 3.21. The van der Waals surface area contributed by atoms with Crippen molar-refractivity contribution >= 4 is 11.9 Å². The summed E-state index contributed by atoms with van der Waals surface area (Å²) in [6.07, 6.45) is 7.16. The Morgan fingerprint density at radius 3 is 3.00 bits per heavy atom. The Kier molecular flexibility index (Phi) is 5.33. The zero-order chi connectivity index (χ0) is 17.6. The molecule has 7 nitrogen and oxygen atoms in total. The third-order valence-corrected chi connectivity index (χ3v) is 4.50. The first-order chi connectivity index (χ1) is 12.1. The molecule has 0 spiro atoms. The summed E-state index contributed by atoms with van der Waals surface area (Å²) < 4.78 is 0. The number of carbonyl (C=O) groups excluding carboxylic acids is 2. The molecule has 0 saturated carbocycles. The predicted molar refractivity (Wildman–Crippen MR) is 93.9 cm³/mol. The predicted octanol–water partition coefficient (Wildman–Crippen LogP) is 1.99. The topological polar surface area (TPSA) is 104 Å². The minimum Gasteiger partial charge on any atom is -0.366 e. The SMILES string of the molecule is NC(=O)c1cccc(CCNC(=O)N2CCCCC2c2ncc[nH]2)c1. The fourth-order valence-electron chi connectivity index (χ4n) is 3.21. The Bertz CT molecular complexity index is 729. The number of benzene rings is 1. The minimum atomic E-state index is -0.444. The summed E-state index contributed by atoms with van der Waals surface area (Å²) >= 11 is 0. The zero-order valence-electron chi connectivity index (χ0n) is 14.1. The van der Waals surface area contributed by atoms with Crippen LogP contribution in [0.15, 0.2) is 36.7 Å². The van der Waals surface area contributed by atoms with Gasteiger partial charge in [0, 0.05) is 31.0 Å². The van der Waals surface area contributed by atoms with Gasteiger partial charge in [-0.3, -0.25) is 4.79 Å². The molecule has 1 atom stereocenters. The van der Waals surface area contributed by atoms with Crippen LogP contribution >= 0.6 is 0 Å². The number of aromatic amines is 1. The van der Waals surface area contributed by atoms with E-state index in [0.29, 0.717) is 18.5 Å². The van der Waals surface area contributed by atoms with E-state index in [1.54, 1.807) is 30.6 Å². The molecule has 132 valence electrons. The second-order valence-electron chi connectivity index (χ2n) is 6.23. The van der Waals surface area contributed by atoms with Gasteiger partial charge in [0.2, 0.25) is 5.91 Å². The van der Waals surface area contributed by atoms with Crippen LogP contribution in [0.1, 0.15) is 47.1 Å². The van der Waals surface area contributed by atoms with Gasteiger partial charge >= 0.3 is 6.03 Å². The van der Waals surface area contributed by atoms with Gasteiger partial charge in [-0.05, 0) is 43.4 Å². The highest BCUT2D eigenvalue weighted by atomic mass is 16.2. The van der Waals surface area contributed by atoms with Crippen molar-refractivity contribution in [1.29, 1.82) is 0 Å². The summed E-state index contributed by atoms with van der Waals surface area (Å²) in [5, 5.41) is 2.97. The molecule has 0 radical (unpaired) electrons. The van der Waals surface area contributed by atoms with E-state index in [2.05, 4.69) is 15.3 Å². The van der Waals surface area contributed by atoms with Gasteiger partial charge in [-0.25, -0.2) is 9.78 Å². The van der Waals surface area contributed by atoms with Crippen molar-refractivity contribution in [2.75, 3.05) is 13.1 Å². The van der Waals surface area contributed by atoms with Gasteiger partial charge in [-0.1, -0.05) is 12.1 Å². The van der Waals surface area contributed by atoms with Crippen molar-refractivity contribution < 1.29 is 9.59 Å². The molecular formula is C18H23N5O2. The van der Waals surface area contributed by atoms with E-state index < -0.39 is 5.91 Å². The maximum Gasteiger partial charge on any atom is 0.318 e. The Morgan fingerprint density at radius 1 is 1.36 bits per heavy atom. The normalized spacial score (nSPS) is 17.3. The average molecular weight is 341 g/mol. The highest BCUT2D eigenvalue weighted by molar-refractivity contribution is 5.92. The molecule has 25 heavy (non-hydrogen) atoms. The summed E-state index contributed by atoms with van der Waals surface area (Å²) in [6, 6.07) is 7.10. The molecule has 3 amide bonds. The molecule has 1 unspecified atom stereocenters. The Labute approximate surface area is 146 Å². The molecule has 3 rings (SSSR count). The molecule has 0 aliphatic carbocycles. The highest BCUT2D eigenvalue weighted by Crippen LogP contribution is 2.28. The van der Waals surface area contributed by atoms with E-state index in [4.69, 9.17) is 5.73 Å². The number of hydrogen-bond donors (Lipinski definition) is 3. The maximum absolute atomic E-state index is 12.6. The number of imidazole rings is 1. The van der Waals surface area contributed by atoms with Crippen molar-refractivity contribution in [2.45, 2.75) is 31.7 Å². The van der Waals surface area contributed by atoms with Gasteiger partial charge in [0.15, 0.2) is 0 Å². The lowest BCUT2D eigenvalue weighted by molar-refractivity contribution is 0.1000. The molecule has 7 heteroatoms. The van der Waals surface area contributed by atoms with E-state index >= 15 is 0 Å². The van der Waals surface area contributed by atoms with Gasteiger partial charge in [-0.2, -0.15) is 0 Å². The van der Waals surface area contributed by atoms with Crippen LogP contribution in [0.4, 0.5) is 4.79 Å². The van der Waals surface area contributed by atoms with E-state index in [0.717, 1.165) is 37.2 Å². The highest BCUT2D eigenvalue weighted by Gasteiger charge is 2.29. The summed E-state index contributed by atoms with van der Waals surface area (Å²) in [6.45, 7) is 1.23. The quantitative estimate of drug-likeness (QED) is 0.774. The molecule has 1 aromatic carbocycles. The Balaban J connectivity index is 1.56. The van der Waals surface area contributed by atoms with Crippen LogP contribution in [0, 0.1) is 0 Å². The first-order valence-corrected chi connectivity index (χ1v) is 8.57.